The zero-order chi connectivity index (χ0) is 12.8. The Labute approximate surface area is 109 Å². The first-order valence-electron chi connectivity index (χ1n) is 6.84. The van der Waals surface area contributed by atoms with Crippen molar-refractivity contribution < 1.29 is 4.74 Å². The molecule has 2 rings (SSSR count). The molecule has 0 amide bonds. The number of pyridine rings is 1. The van der Waals surface area contributed by atoms with Crippen LogP contribution in [0.5, 0.6) is 0 Å². The van der Waals surface area contributed by atoms with E-state index < -0.39 is 0 Å². The van der Waals surface area contributed by atoms with Crippen molar-refractivity contribution in [1.82, 2.24) is 10.3 Å². The van der Waals surface area contributed by atoms with Crippen LogP contribution in [0.2, 0.25) is 0 Å². The van der Waals surface area contributed by atoms with Crippen molar-refractivity contribution in [2.75, 3.05) is 13.2 Å². The van der Waals surface area contributed by atoms with Crippen LogP contribution in [0.4, 0.5) is 0 Å². The summed E-state index contributed by atoms with van der Waals surface area (Å²) in [5, 5.41) is 3.53. The minimum Gasteiger partial charge on any atom is -0.501 e. The molecule has 0 radical (unpaired) electrons. The van der Waals surface area contributed by atoms with Crippen LogP contribution in [0.25, 0.3) is 0 Å². The number of ether oxygens (including phenoxy) is 1. The van der Waals surface area contributed by atoms with Gasteiger partial charge in [-0.25, -0.2) is 0 Å². The van der Waals surface area contributed by atoms with Crippen LogP contribution < -0.4 is 5.32 Å². The van der Waals surface area contributed by atoms with Gasteiger partial charge in [-0.05, 0) is 43.0 Å². The number of nitrogens with zero attached hydrogens (tertiary/aromatic N) is 1. The molecule has 0 saturated heterocycles. The topological polar surface area (TPSA) is 34.1 Å². The second-order valence-electron chi connectivity index (χ2n) is 4.56. The molecule has 1 aliphatic rings. The van der Waals surface area contributed by atoms with Crippen LogP contribution in [-0.2, 0) is 11.2 Å². The smallest absolute Gasteiger partial charge is 0.0876 e. The molecule has 0 bridgehead atoms. The maximum atomic E-state index is 5.47. The normalized spacial score (nSPS) is 16.9. The van der Waals surface area contributed by atoms with Crippen molar-refractivity contribution >= 4 is 0 Å². The molecule has 0 aromatic carbocycles. The highest BCUT2D eigenvalue weighted by Crippen LogP contribution is 2.28. The molecule has 0 spiro atoms. The monoisotopic (exact) mass is 246 g/mol. The van der Waals surface area contributed by atoms with Gasteiger partial charge in [0.2, 0.25) is 0 Å². The Bertz CT molecular complexity index is 415. The average Bonchev–Trinajstić information content (AvgIpc) is 2.46. The lowest BCUT2D eigenvalue weighted by Gasteiger charge is -2.25. The lowest BCUT2D eigenvalue weighted by atomic mass is 9.95. The molecule has 1 aromatic heterocycles. The Kier molecular flexibility index (Phi) is 4.76. The van der Waals surface area contributed by atoms with E-state index in [4.69, 9.17) is 4.74 Å². The van der Waals surface area contributed by atoms with E-state index in [1.54, 1.807) is 0 Å². The molecule has 1 unspecified atom stereocenters. The van der Waals surface area contributed by atoms with Crippen LogP contribution in [0.1, 0.15) is 44.0 Å². The second kappa shape index (κ2) is 6.55. The van der Waals surface area contributed by atoms with E-state index in [9.17, 15) is 0 Å². The molecule has 1 N–H and O–H groups in total. The lowest BCUT2D eigenvalue weighted by Crippen LogP contribution is -2.26. The summed E-state index contributed by atoms with van der Waals surface area (Å²) in [6, 6.07) is 4.38. The van der Waals surface area contributed by atoms with E-state index in [2.05, 4.69) is 30.2 Å². The van der Waals surface area contributed by atoms with Crippen molar-refractivity contribution in [3.05, 3.63) is 41.4 Å². The molecular formula is C15H22N2O. The van der Waals surface area contributed by atoms with E-state index in [1.165, 1.54) is 11.1 Å². The van der Waals surface area contributed by atoms with Gasteiger partial charge in [-0.2, -0.15) is 0 Å². The Hall–Kier alpha value is -1.35. The highest BCUT2D eigenvalue weighted by atomic mass is 16.5. The zero-order valence-corrected chi connectivity index (χ0v) is 11.3. The van der Waals surface area contributed by atoms with Gasteiger partial charge in [0, 0.05) is 6.20 Å². The predicted molar refractivity (Wildman–Crippen MR) is 73.3 cm³/mol. The SMILES string of the molecule is CCNC(C1=COCCC1)c1ncccc1CC. The highest BCUT2D eigenvalue weighted by molar-refractivity contribution is 5.30. The molecular weight excluding hydrogens is 224 g/mol. The molecule has 2 heterocycles. The van der Waals surface area contributed by atoms with Gasteiger partial charge in [0.15, 0.2) is 0 Å². The molecule has 1 aromatic rings. The zero-order valence-electron chi connectivity index (χ0n) is 11.3. The summed E-state index contributed by atoms with van der Waals surface area (Å²) < 4.78 is 5.47. The summed E-state index contributed by atoms with van der Waals surface area (Å²) in [6.07, 6.45) is 7.01. The van der Waals surface area contributed by atoms with Gasteiger partial charge >= 0.3 is 0 Å². The summed E-state index contributed by atoms with van der Waals surface area (Å²) in [5.74, 6) is 0. The molecule has 18 heavy (non-hydrogen) atoms. The van der Waals surface area contributed by atoms with Crippen LogP contribution in [-0.4, -0.2) is 18.1 Å². The summed E-state index contributed by atoms with van der Waals surface area (Å²) in [5.41, 5.74) is 3.78. The number of nitrogens with one attached hydrogen (secondary N) is 1. The largest absolute Gasteiger partial charge is 0.501 e. The van der Waals surface area contributed by atoms with Gasteiger partial charge in [0.25, 0.3) is 0 Å². The molecule has 3 nitrogen and oxygen atoms in total. The van der Waals surface area contributed by atoms with Crippen LogP contribution in [0.3, 0.4) is 0 Å². The standard InChI is InChI=1S/C15H22N2O/c1-3-12-7-5-9-17-14(12)15(16-4-2)13-8-6-10-18-11-13/h5,7,9,11,15-16H,3-4,6,8,10H2,1-2H3. The van der Waals surface area contributed by atoms with Gasteiger partial charge in [0.1, 0.15) is 0 Å². The van der Waals surface area contributed by atoms with E-state index >= 15 is 0 Å². The van der Waals surface area contributed by atoms with Crippen molar-refractivity contribution in [1.29, 1.82) is 0 Å². The first-order valence-corrected chi connectivity index (χ1v) is 6.84. The quantitative estimate of drug-likeness (QED) is 0.867. The van der Waals surface area contributed by atoms with Crippen molar-refractivity contribution in [2.24, 2.45) is 0 Å². The van der Waals surface area contributed by atoms with Gasteiger partial charge in [-0.1, -0.05) is 19.9 Å². The fourth-order valence-corrected chi connectivity index (χ4v) is 2.41. The molecule has 1 aliphatic heterocycles. The summed E-state index contributed by atoms with van der Waals surface area (Å²) in [6.45, 7) is 6.08. The maximum absolute atomic E-state index is 5.47. The van der Waals surface area contributed by atoms with Crippen LogP contribution in [0.15, 0.2) is 30.2 Å². The molecule has 0 fully saturated rings. The Balaban J connectivity index is 2.31. The fraction of sp³-hybridized carbons (Fsp3) is 0.533. The number of rotatable bonds is 5. The van der Waals surface area contributed by atoms with Crippen molar-refractivity contribution in [3.8, 4) is 0 Å². The number of hydrogen-bond donors (Lipinski definition) is 1. The molecule has 98 valence electrons. The summed E-state index contributed by atoms with van der Waals surface area (Å²) in [4.78, 5) is 4.58. The summed E-state index contributed by atoms with van der Waals surface area (Å²) >= 11 is 0. The third-order valence-electron chi connectivity index (χ3n) is 3.32. The molecule has 0 aliphatic carbocycles. The van der Waals surface area contributed by atoms with E-state index in [0.717, 1.165) is 38.1 Å². The number of aryl methyl sites for hydroxylation is 1. The van der Waals surface area contributed by atoms with Gasteiger partial charge in [-0.15, -0.1) is 0 Å². The minimum absolute atomic E-state index is 0.200. The molecule has 0 saturated carbocycles. The Morgan fingerprint density at radius 3 is 3.00 bits per heavy atom. The Morgan fingerprint density at radius 1 is 1.44 bits per heavy atom. The predicted octanol–water partition coefficient (Wildman–Crippen LogP) is 2.99. The van der Waals surface area contributed by atoms with E-state index in [1.807, 2.05) is 18.5 Å². The minimum atomic E-state index is 0.200. The van der Waals surface area contributed by atoms with Crippen LogP contribution >= 0.6 is 0 Å². The average molecular weight is 246 g/mol. The van der Waals surface area contributed by atoms with Gasteiger partial charge in [0.05, 0.1) is 24.6 Å². The first kappa shape index (κ1) is 13.1. The van der Waals surface area contributed by atoms with Crippen molar-refractivity contribution in [2.45, 2.75) is 39.2 Å². The maximum Gasteiger partial charge on any atom is 0.0876 e. The number of hydrogen-bond acceptors (Lipinski definition) is 3. The first-order chi connectivity index (χ1) is 8.86. The van der Waals surface area contributed by atoms with E-state index in [-0.39, 0.29) is 6.04 Å². The van der Waals surface area contributed by atoms with Gasteiger partial charge < -0.3 is 10.1 Å². The van der Waals surface area contributed by atoms with Gasteiger partial charge in [-0.3, -0.25) is 4.98 Å². The van der Waals surface area contributed by atoms with E-state index in [0.29, 0.717) is 0 Å². The van der Waals surface area contributed by atoms with Crippen molar-refractivity contribution in [3.63, 3.8) is 0 Å². The fourth-order valence-electron chi connectivity index (χ4n) is 2.41. The number of aromatic nitrogens is 1. The van der Waals surface area contributed by atoms with Crippen LogP contribution in [0, 0.1) is 0 Å². The third kappa shape index (κ3) is 2.91. The highest BCUT2D eigenvalue weighted by Gasteiger charge is 2.21. The molecule has 3 heteroatoms. The second-order valence-corrected chi connectivity index (χ2v) is 4.56. The Morgan fingerprint density at radius 2 is 2.33 bits per heavy atom. The number of likely N-dealkylation sites (N-methyl/N-ethyl adjacent to an activating group) is 1. The lowest BCUT2D eigenvalue weighted by molar-refractivity contribution is 0.219. The molecule has 1 atom stereocenters. The third-order valence-corrected chi connectivity index (χ3v) is 3.32. The summed E-state index contributed by atoms with van der Waals surface area (Å²) in [7, 11) is 0.